The Morgan fingerprint density at radius 1 is 1.55 bits per heavy atom. The smallest absolute Gasteiger partial charge is 0.214 e. The molecular weight excluding hydrogens is 213 g/mol. The highest BCUT2D eigenvalue weighted by Gasteiger charge is 1.94. The van der Waals surface area contributed by atoms with Crippen LogP contribution in [0.1, 0.15) is 0 Å². The van der Waals surface area contributed by atoms with Crippen LogP contribution in [0, 0.1) is 0 Å². The molecule has 0 saturated heterocycles. The van der Waals surface area contributed by atoms with E-state index in [0.717, 1.165) is 0 Å². The maximum atomic E-state index is 11.6. The predicted molar refractivity (Wildman–Crippen MR) is 43.4 cm³/mol. The lowest BCUT2D eigenvalue weighted by molar-refractivity contribution is 0.264. The maximum Gasteiger partial charge on any atom is 0.214 e. The molecule has 1 rings (SSSR count). The third-order valence-corrected chi connectivity index (χ3v) is 1.46. The van der Waals surface area contributed by atoms with Crippen LogP contribution in [-0.4, -0.2) is 18.3 Å². The van der Waals surface area contributed by atoms with Gasteiger partial charge in [-0.2, -0.15) is 0 Å². The van der Waals surface area contributed by atoms with E-state index in [0.29, 0.717) is 10.5 Å². The van der Waals surface area contributed by atoms with E-state index in [1.54, 1.807) is 18.2 Å². The van der Waals surface area contributed by atoms with Crippen LogP contribution in [0.2, 0.25) is 0 Å². The van der Waals surface area contributed by atoms with Gasteiger partial charge in [-0.3, -0.25) is 0 Å². The molecule has 0 aliphatic rings. The molecule has 0 amide bonds. The zero-order valence-corrected chi connectivity index (χ0v) is 7.34. The molecule has 0 atom stereocenters. The van der Waals surface area contributed by atoms with Gasteiger partial charge in [0.2, 0.25) is 5.88 Å². The fraction of sp³-hybridized carbons (Fsp3) is 0.286. The van der Waals surface area contributed by atoms with Gasteiger partial charge < -0.3 is 4.74 Å². The summed E-state index contributed by atoms with van der Waals surface area (Å²) >= 11 is 3.17. The second-order valence-corrected chi connectivity index (χ2v) is 2.65. The molecule has 0 aliphatic carbocycles. The fourth-order valence-electron chi connectivity index (χ4n) is 0.613. The van der Waals surface area contributed by atoms with Crippen LogP contribution in [0.15, 0.2) is 22.8 Å². The number of ether oxygens (including phenoxy) is 1. The number of nitrogens with zero attached hydrogens (tertiary/aromatic N) is 1. The summed E-state index contributed by atoms with van der Waals surface area (Å²) < 4.78 is 17.2. The summed E-state index contributed by atoms with van der Waals surface area (Å²) in [6.45, 7) is -0.433. The van der Waals surface area contributed by atoms with Gasteiger partial charge in [0.05, 0.1) is 0 Å². The molecule has 2 nitrogen and oxygen atoms in total. The Bertz CT molecular complexity index is 231. The molecule has 0 saturated carbocycles. The third-order valence-electron chi connectivity index (χ3n) is 1.02. The van der Waals surface area contributed by atoms with Gasteiger partial charge >= 0.3 is 0 Å². The number of halogens is 2. The van der Waals surface area contributed by atoms with Crippen molar-refractivity contribution in [2.45, 2.75) is 0 Å². The monoisotopic (exact) mass is 219 g/mol. The van der Waals surface area contributed by atoms with Crippen LogP contribution < -0.4 is 4.74 Å². The Hall–Kier alpha value is -0.640. The first-order valence-corrected chi connectivity index (χ1v) is 3.93. The maximum absolute atomic E-state index is 11.6. The van der Waals surface area contributed by atoms with E-state index in [-0.39, 0.29) is 6.61 Å². The van der Waals surface area contributed by atoms with Crippen molar-refractivity contribution < 1.29 is 9.13 Å². The lowest BCUT2D eigenvalue weighted by atomic mass is 10.5. The van der Waals surface area contributed by atoms with Gasteiger partial charge in [-0.25, -0.2) is 9.37 Å². The van der Waals surface area contributed by atoms with Crippen molar-refractivity contribution >= 4 is 15.9 Å². The van der Waals surface area contributed by atoms with Crippen LogP contribution in [0.3, 0.4) is 0 Å². The number of hydrogen-bond acceptors (Lipinski definition) is 2. The van der Waals surface area contributed by atoms with Gasteiger partial charge in [-0.15, -0.1) is 0 Å². The second-order valence-electron chi connectivity index (χ2n) is 1.84. The minimum absolute atomic E-state index is 0.0590. The first-order valence-electron chi connectivity index (χ1n) is 3.14. The van der Waals surface area contributed by atoms with Crippen LogP contribution >= 0.6 is 15.9 Å². The molecule has 1 aromatic rings. The van der Waals surface area contributed by atoms with Gasteiger partial charge in [-0.05, 0) is 22.0 Å². The van der Waals surface area contributed by atoms with E-state index in [2.05, 4.69) is 20.9 Å². The summed E-state index contributed by atoms with van der Waals surface area (Å²) in [5.41, 5.74) is 0. The quantitative estimate of drug-likeness (QED) is 0.728. The standard InChI is InChI=1S/C7H7BrFNO/c8-6-2-1-3-7(10-6)11-5-4-9/h1-3H,4-5H2. The van der Waals surface area contributed by atoms with Crippen molar-refractivity contribution in [3.05, 3.63) is 22.8 Å². The minimum Gasteiger partial charge on any atom is -0.475 e. The molecule has 0 unspecified atom stereocenters. The number of aromatic nitrogens is 1. The molecule has 0 aliphatic heterocycles. The Morgan fingerprint density at radius 2 is 2.36 bits per heavy atom. The number of alkyl halides is 1. The second kappa shape index (κ2) is 4.28. The lowest BCUT2D eigenvalue weighted by Gasteiger charge is -2.00. The first kappa shape index (κ1) is 8.46. The van der Waals surface area contributed by atoms with Crippen molar-refractivity contribution in [2.75, 3.05) is 13.3 Å². The van der Waals surface area contributed by atoms with Crippen LogP contribution in [0.5, 0.6) is 5.88 Å². The molecule has 1 aromatic heterocycles. The normalized spacial score (nSPS) is 9.64. The molecule has 11 heavy (non-hydrogen) atoms. The molecule has 0 bridgehead atoms. The van der Waals surface area contributed by atoms with Gasteiger partial charge in [0, 0.05) is 6.07 Å². The molecule has 60 valence electrons. The highest BCUT2D eigenvalue weighted by Crippen LogP contribution is 2.11. The molecule has 0 spiro atoms. The zero-order valence-electron chi connectivity index (χ0n) is 5.76. The SMILES string of the molecule is FCCOc1cccc(Br)n1. The van der Waals surface area contributed by atoms with Crippen LogP contribution in [0.25, 0.3) is 0 Å². The summed E-state index contributed by atoms with van der Waals surface area (Å²) in [6.07, 6.45) is 0. The van der Waals surface area contributed by atoms with Gasteiger partial charge in [-0.1, -0.05) is 6.07 Å². The lowest BCUT2D eigenvalue weighted by Crippen LogP contribution is -1.99. The van der Waals surface area contributed by atoms with E-state index >= 15 is 0 Å². The van der Waals surface area contributed by atoms with Crippen molar-refractivity contribution in [1.29, 1.82) is 0 Å². The molecular formula is C7H7BrFNO. The number of rotatable bonds is 3. The molecule has 0 fully saturated rings. The van der Waals surface area contributed by atoms with E-state index < -0.39 is 6.67 Å². The van der Waals surface area contributed by atoms with Crippen molar-refractivity contribution in [3.8, 4) is 5.88 Å². The Balaban J connectivity index is 2.56. The topological polar surface area (TPSA) is 22.1 Å². The minimum atomic E-state index is -0.492. The predicted octanol–water partition coefficient (Wildman–Crippen LogP) is 2.19. The van der Waals surface area contributed by atoms with Gasteiger partial charge in [0.15, 0.2) is 0 Å². The van der Waals surface area contributed by atoms with Crippen molar-refractivity contribution in [3.63, 3.8) is 0 Å². The zero-order chi connectivity index (χ0) is 8.10. The molecule has 1 heterocycles. The number of pyridine rings is 1. The Morgan fingerprint density at radius 3 is 3.00 bits per heavy atom. The molecule has 0 radical (unpaired) electrons. The van der Waals surface area contributed by atoms with E-state index in [9.17, 15) is 4.39 Å². The largest absolute Gasteiger partial charge is 0.475 e. The van der Waals surface area contributed by atoms with E-state index in [4.69, 9.17) is 4.74 Å². The Labute approximate surface area is 72.5 Å². The van der Waals surface area contributed by atoms with Crippen molar-refractivity contribution in [2.24, 2.45) is 0 Å². The van der Waals surface area contributed by atoms with Gasteiger partial charge in [0.25, 0.3) is 0 Å². The fourth-order valence-corrected chi connectivity index (χ4v) is 0.941. The van der Waals surface area contributed by atoms with Crippen LogP contribution in [-0.2, 0) is 0 Å². The number of hydrogen-bond donors (Lipinski definition) is 0. The summed E-state index contributed by atoms with van der Waals surface area (Å²) in [5.74, 6) is 0.442. The van der Waals surface area contributed by atoms with Gasteiger partial charge in [0.1, 0.15) is 17.9 Å². The van der Waals surface area contributed by atoms with Crippen LogP contribution in [0.4, 0.5) is 4.39 Å². The summed E-state index contributed by atoms with van der Waals surface area (Å²) in [7, 11) is 0. The summed E-state index contributed by atoms with van der Waals surface area (Å²) in [4.78, 5) is 3.94. The highest BCUT2D eigenvalue weighted by molar-refractivity contribution is 9.10. The Kier molecular flexibility index (Phi) is 3.29. The highest BCUT2D eigenvalue weighted by atomic mass is 79.9. The van der Waals surface area contributed by atoms with Crippen molar-refractivity contribution in [1.82, 2.24) is 4.98 Å². The third kappa shape index (κ3) is 2.84. The summed E-state index contributed by atoms with van der Waals surface area (Å²) in [6, 6.07) is 5.24. The first-order chi connectivity index (χ1) is 5.33. The average molecular weight is 220 g/mol. The van der Waals surface area contributed by atoms with E-state index in [1.807, 2.05) is 0 Å². The molecule has 0 N–H and O–H groups in total. The van der Waals surface area contributed by atoms with E-state index in [1.165, 1.54) is 0 Å². The summed E-state index contributed by atoms with van der Waals surface area (Å²) in [5, 5.41) is 0. The average Bonchev–Trinajstić information content (AvgIpc) is 2.01. The molecule has 4 heteroatoms. The molecule has 0 aromatic carbocycles.